The Hall–Kier alpha value is -3.92. The number of nitrogens with one attached hydrogen (secondary N) is 3. The highest BCUT2D eigenvalue weighted by atomic mass is 32.1. The molecular weight excluding hydrogens is 735 g/mol. The van der Waals surface area contributed by atoms with Gasteiger partial charge >= 0.3 is 0 Å². The number of rotatable bonds is 22. The molecule has 0 radical (unpaired) electrons. The van der Waals surface area contributed by atoms with Gasteiger partial charge in [0.25, 0.3) is 0 Å². The molecule has 15 heteroatoms. The van der Waals surface area contributed by atoms with Crippen LogP contribution >= 0.6 is 11.3 Å². The third kappa shape index (κ3) is 12.3. The van der Waals surface area contributed by atoms with Gasteiger partial charge in [-0.05, 0) is 43.7 Å². The predicted octanol–water partition coefficient (Wildman–Crippen LogP) is 3.28. The quantitative estimate of drug-likeness (QED) is 0.162. The Morgan fingerprint density at radius 1 is 0.964 bits per heavy atom. The van der Waals surface area contributed by atoms with E-state index in [0.717, 1.165) is 17.0 Å². The minimum Gasteiger partial charge on any atom is -0.379 e. The van der Waals surface area contributed by atoms with Gasteiger partial charge in [0, 0.05) is 46.4 Å². The van der Waals surface area contributed by atoms with Gasteiger partial charge in [-0.3, -0.25) is 24.0 Å². The Morgan fingerprint density at radius 2 is 1.64 bits per heavy atom. The fraction of sp³-hybridized carbons (Fsp3) is 0.659. The van der Waals surface area contributed by atoms with Crippen molar-refractivity contribution in [2.45, 2.75) is 103 Å². The average Bonchev–Trinajstić information content (AvgIpc) is 3.90. The number of amides is 5. The Bertz CT molecular complexity index is 1550. The van der Waals surface area contributed by atoms with Gasteiger partial charge in [0.1, 0.15) is 11.0 Å². The molecule has 0 bridgehead atoms. The molecule has 7 unspecified atom stereocenters. The van der Waals surface area contributed by atoms with E-state index >= 15 is 0 Å². The lowest BCUT2D eigenvalue weighted by Gasteiger charge is -2.39. The molecule has 1 aromatic heterocycles. The molecule has 56 heavy (non-hydrogen) atoms. The predicted molar refractivity (Wildman–Crippen MR) is 218 cm³/mol. The number of aromatic nitrogens is 1. The van der Waals surface area contributed by atoms with Gasteiger partial charge < -0.3 is 40.1 Å². The highest BCUT2D eigenvalue weighted by molar-refractivity contribution is 7.09. The Labute approximate surface area is 337 Å². The fourth-order valence-electron chi connectivity index (χ4n) is 7.83. The van der Waals surface area contributed by atoms with E-state index in [4.69, 9.17) is 9.47 Å². The van der Waals surface area contributed by atoms with Crippen molar-refractivity contribution >= 4 is 40.9 Å². The molecule has 1 aliphatic rings. The number of benzene rings is 1. The first-order valence-corrected chi connectivity index (χ1v) is 20.6. The van der Waals surface area contributed by atoms with Crippen molar-refractivity contribution in [3.05, 3.63) is 52.5 Å². The van der Waals surface area contributed by atoms with Crippen molar-refractivity contribution in [3.63, 3.8) is 0 Å². The van der Waals surface area contributed by atoms with Crippen LogP contribution < -0.4 is 16.0 Å². The van der Waals surface area contributed by atoms with E-state index in [9.17, 15) is 24.0 Å². The van der Waals surface area contributed by atoms with Crippen molar-refractivity contribution in [2.75, 3.05) is 55.0 Å². The normalized spacial score (nSPS) is 18.0. The molecule has 3 rings (SSSR count). The van der Waals surface area contributed by atoms with Crippen LogP contribution in [0.4, 0.5) is 0 Å². The Morgan fingerprint density at radius 3 is 2.21 bits per heavy atom. The van der Waals surface area contributed by atoms with E-state index in [1.54, 1.807) is 51.4 Å². The minimum absolute atomic E-state index is 0.0139. The summed E-state index contributed by atoms with van der Waals surface area (Å²) in [5.74, 6) is -2.12. The third-order valence-electron chi connectivity index (χ3n) is 11.1. The molecule has 1 aromatic carbocycles. The Kier molecular flexibility index (Phi) is 18.9. The maximum absolute atomic E-state index is 14.2. The van der Waals surface area contributed by atoms with Gasteiger partial charge in [0.2, 0.25) is 29.5 Å². The molecule has 0 aliphatic carbocycles. The topological polar surface area (TPSA) is 163 Å². The van der Waals surface area contributed by atoms with Crippen molar-refractivity contribution in [1.82, 2.24) is 35.6 Å². The van der Waals surface area contributed by atoms with Gasteiger partial charge in [0.15, 0.2) is 0 Å². The second kappa shape index (κ2) is 22.7. The van der Waals surface area contributed by atoms with Crippen LogP contribution in [-0.4, -0.2) is 135 Å². The minimum atomic E-state index is -0.754. The fourth-order valence-corrected chi connectivity index (χ4v) is 8.52. The van der Waals surface area contributed by atoms with Gasteiger partial charge in [-0.15, -0.1) is 11.3 Å². The first-order chi connectivity index (χ1) is 26.7. The van der Waals surface area contributed by atoms with Gasteiger partial charge in [0.05, 0.1) is 55.8 Å². The van der Waals surface area contributed by atoms with Crippen LogP contribution in [0.15, 0.2) is 41.9 Å². The summed E-state index contributed by atoms with van der Waals surface area (Å²) in [5, 5.41) is 11.5. The molecular formula is C41H65N7O7S. The summed E-state index contributed by atoms with van der Waals surface area (Å²) < 4.78 is 12.0. The van der Waals surface area contributed by atoms with E-state index < -0.39 is 36.1 Å². The number of hydrogen-bond acceptors (Lipinski definition) is 10. The van der Waals surface area contributed by atoms with E-state index in [-0.39, 0.29) is 67.1 Å². The molecule has 312 valence electrons. The van der Waals surface area contributed by atoms with Crippen molar-refractivity contribution in [3.8, 4) is 0 Å². The first-order valence-electron chi connectivity index (χ1n) is 19.7. The number of likely N-dealkylation sites (N-methyl/N-ethyl adjacent to an activating group) is 3. The zero-order valence-corrected chi connectivity index (χ0v) is 35.8. The summed E-state index contributed by atoms with van der Waals surface area (Å²) >= 11 is 1.49. The molecule has 5 amide bonds. The molecule has 1 saturated heterocycles. The summed E-state index contributed by atoms with van der Waals surface area (Å²) in [6.45, 7) is 9.89. The van der Waals surface area contributed by atoms with E-state index in [0.29, 0.717) is 25.8 Å². The van der Waals surface area contributed by atoms with E-state index in [1.165, 1.54) is 16.2 Å². The van der Waals surface area contributed by atoms with Crippen LogP contribution in [0, 0.1) is 17.8 Å². The largest absolute Gasteiger partial charge is 0.379 e. The van der Waals surface area contributed by atoms with Gasteiger partial charge in [-0.25, -0.2) is 4.98 Å². The number of thiazole rings is 1. The molecule has 14 nitrogen and oxygen atoms in total. The zero-order valence-electron chi connectivity index (χ0n) is 34.9. The maximum Gasteiger partial charge on any atom is 0.243 e. The lowest BCUT2D eigenvalue weighted by atomic mass is 9.90. The summed E-state index contributed by atoms with van der Waals surface area (Å²) in [6, 6.07) is 8.09. The third-order valence-corrected chi connectivity index (χ3v) is 12.0. The molecule has 2 aromatic rings. The summed E-state index contributed by atoms with van der Waals surface area (Å²) in [7, 11) is 8.03. The van der Waals surface area contributed by atoms with E-state index in [2.05, 4.69) is 20.9 Å². The average molecular weight is 800 g/mol. The smallest absolute Gasteiger partial charge is 0.243 e. The maximum atomic E-state index is 14.2. The van der Waals surface area contributed by atoms with E-state index in [1.807, 2.05) is 70.3 Å². The molecule has 3 N–H and O–H groups in total. The monoisotopic (exact) mass is 799 g/mol. The number of carbonyl (C=O) groups excluding carboxylic acids is 5. The molecule has 0 spiro atoms. The summed E-state index contributed by atoms with van der Waals surface area (Å²) in [6.07, 6.45) is 3.29. The molecule has 8 atom stereocenters. The van der Waals surface area contributed by atoms with Crippen molar-refractivity contribution < 1.29 is 33.4 Å². The van der Waals surface area contributed by atoms with Crippen LogP contribution in [0.3, 0.4) is 0 Å². The number of nitrogens with zero attached hydrogens (tertiary/aromatic N) is 4. The zero-order chi connectivity index (χ0) is 41.5. The molecule has 2 heterocycles. The van der Waals surface area contributed by atoms with Crippen LogP contribution in [0.5, 0.6) is 0 Å². The Balaban J connectivity index is 1.72. The molecule has 1 fully saturated rings. The highest BCUT2D eigenvalue weighted by Crippen LogP contribution is 2.30. The SMILES string of the molecule is CCC(C)C([C@@H](CC(=O)N1CCCC1C(OC)C(C)C(=O)NC(Cc1ccccc1)c1nccs1)OC)N(C)C(=O)CNC(=O)C(C(C)C)N(C)C(=O)CNC. The second-order valence-electron chi connectivity index (χ2n) is 15.2. The highest BCUT2D eigenvalue weighted by Gasteiger charge is 2.42. The standard InChI is InChI=1S/C41H65N7O7S/c1-11-27(4)37(47(8)35(51)25-44-40(53)36(26(2)3)46(7)34(50)24-42-6)32(54-9)23-33(49)48-20-15-18-31(48)38(55-10)28(5)39(52)45-30(41-43-19-21-56-41)22-29-16-13-12-14-17-29/h12-14,16-17,19,21,26-28,30-32,36-38,42H,11,15,18,20,22-25H2,1-10H3,(H,44,53)(H,45,52)/t27?,28?,30?,31?,32-,36?,37?,38?/m1/s1. The molecule has 1 aliphatic heterocycles. The number of carbonyl (C=O) groups is 5. The molecule has 0 saturated carbocycles. The van der Waals surface area contributed by atoms with Crippen molar-refractivity contribution in [2.24, 2.45) is 17.8 Å². The second-order valence-corrected chi connectivity index (χ2v) is 16.1. The van der Waals surface area contributed by atoms with Crippen LogP contribution in [0.2, 0.25) is 0 Å². The number of methoxy groups -OCH3 is 2. The van der Waals surface area contributed by atoms with Gasteiger partial charge in [-0.1, -0.05) is 71.4 Å². The van der Waals surface area contributed by atoms with Gasteiger partial charge in [-0.2, -0.15) is 0 Å². The summed E-state index contributed by atoms with van der Waals surface area (Å²) in [4.78, 5) is 76.8. The number of hydrogen-bond donors (Lipinski definition) is 3. The van der Waals surface area contributed by atoms with Crippen LogP contribution in [0.25, 0.3) is 0 Å². The first kappa shape index (κ1) is 46.5. The van der Waals surface area contributed by atoms with Crippen LogP contribution in [0.1, 0.15) is 76.9 Å². The van der Waals surface area contributed by atoms with Crippen LogP contribution in [-0.2, 0) is 39.9 Å². The lowest BCUT2D eigenvalue weighted by Crippen LogP contribution is -2.56. The lowest BCUT2D eigenvalue weighted by molar-refractivity contribution is -0.146. The summed E-state index contributed by atoms with van der Waals surface area (Å²) in [5.41, 5.74) is 1.08. The van der Waals surface area contributed by atoms with Crippen molar-refractivity contribution in [1.29, 1.82) is 0 Å². The number of likely N-dealkylation sites (tertiary alicyclic amines) is 1. The number of ether oxygens (including phenoxy) is 2.